The number of anilines is 1. The molecule has 250 valence electrons. The van der Waals surface area contributed by atoms with Crippen LogP contribution in [0.5, 0.6) is 5.75 Å². The molecule has 3 aromatic carbocycles. The average molecular weight is 672 g/mol. The zero-order chi connectivity index (χ0) is 34.9. The molecule has 1 heterocycles. The molecule has 0 atom stereocenters. The van der Waals surface area contributed by atoms with Crippen molar-refractivity contribution in [3.8, 4) is 16.9 Å². The van der Waals surface area contributed by atoms with Crippen LogP contribution in [0.15, 0.2) is 67.0 Å². The van der Waals surface area contributed by atoms with Gasteiger partial charge in [-0.15, -0.1) is 0 Å². The normalized spacial score (nSPS) is 12.4. The van der Waals surface area contributed by atoms with Crippen molar-refractivity contribution < 1.29 is 54.2 Å². The van der Waals surface area contributed by atoms with Crippen molar-refractivity contribution in [1.82, 2.24) is 9.97 Å². The van der Waals surface area contributed by atoms with E-state index in [0.717, 1.165) is 35.0 Å². The smallest absolute Gasteiger partial charge is 0.416 e. The first-order chi connectivity index (χ1) is 21.8. The number of rotatable bonds is 9. The van der Waals surface area contributed by atoms with Gasteiger partial charge in [-0.2, -0.15) is 39.5 Å². The van der Waals surface area contributed by atoms with Gasteiger partial charge in [-0.25, -0.2) is 14.8 Å². The first kappa shape index (κ1) is 35.0. The molecule has 47 heavy (non-hydrogen) atoms. The Morgan fingerprint density at radius 2 is 1.34 bits per heavy atom. The van der Waals surface area contributed by atoms with E-state index in [1.54, 1.807) is 18.2 Å². The summed E-state index contributed by atoms with van der Waals surface area (Å²) >= 11 is 0. The molecule has 0 aliphatic heterocycles. The topological polar surface area (TPSA) is 75.5 Å². The molecule has 0 saturated heterocycles. The fourth-order valence-electron chi connectivity index (χ4n) is 4.79. The quantitative estimate of drug-likeness (QED) is 0.179. The number of alkyl halides is 9. The van der Waals surface area contributed by atoms with E-state index in [0.29, 0.717) is 17.7 Å². The fraction of sp³-hybridized carbons (Fsp3) is 0.281. The lowest BCUT2D eigenvalue weighted by atomic mass is 9.92. The molecule has 0 saturated carbocycles. The van der Waals surface area contributed by atoms with Crippen molar-refractivity contribution in [2.24, 2.45) is 0 Å². The zero-order valence-electron chi connectivity index (χ0n) is 24.8. The number of ether oxygens (including phenoxy) is 1. The molecule has 0 aliphatic carbocycles. The second kappa shape index (κ2) is 13.1. The van der Waals surface area contributed by atoms with Gasteiger partial charge >= 0.3 is 24.5 Å². The number of carbonyl (C=O) groups is 1. The third kappa shape index (κ3) is 8.32. The van der Waals surface area contributed by atoms with Gasteiger partial charge in [0.1, 0.15) is 5.75 Å². The minimum atomic E-state index is -5.16. The summed E-state index contributed by atoms with van der Waals surface area (Å²) in [6.07, 6.45) is -13.4. The minimum Gasteiger partial charge on any atom is -0.496 e. The molecule has 0 spiro atoms. The number of aromatic nitrogens is 2. The lowest BCUT2D eigenvalue weighted by Crippen LogP contribution is -2.26. The molecule has 0 amide bonds. The third-order valence-corrected chi connectivity index (χ3v) is 7.16. The predicted octanol–water partition coefficient (Wildman–Crippen LogP) is 9.24. The number of nitrogens with zero attached hydrogens (tertiary/aromatic N) is 3. The Balaban J connectivity index is 1.94. The molecule has 15 heteroatoms. The van der Waals surface area contributed by atoms with Crippen LogP contribution >= 0.6 is 0 Å². The molecular weight excluding hydrogens is 645 g/mol. The number of carboxylic acid groups (broad SMARTS) is 1. The van der Waals surface area contributed by atoms with E-state index in [1.807, 2.05) is 13.8 Å². The van der Waals surface area contributed by atoms with Gasteiger partial charge in [0.25, 0.3) is 0 Å². The highest BCUT2D eigenvalue weighted by molar-refractivity contribution is 5.86. The molecule has 0 fully saturated rings. The number of benzene rings is 3. The van der Waals surface area contributed by atoms with Crippen LogP contribution in [0.25, 0.3) is 11.1 Å². The van der Waals surface area contributed by atoms with Crippen molar-refractivity contribution in [2.45, 2.75) is 51.4 Å². The fourth-order valence-corrected chi connectivity index (χ4v) is 4.79. The van der Waals surface area contributed by atoms with Gasteiger partial charge in [-0.05, 0) is 70.6 Å². The minimum absolute atomic E-state index is 0.000981. The summed E-state index contributed by atoms with van der Waals surface area (Å²) in [7, 11) is 1.35. The molecule has 1 aromatic heterocycles. The van der Waals surface area contributed by atoms with E-state index in [4.69, 9.17) is 4.74 Å². The maximum absolute atomic E-state index is 13.9. The third-order valence-electron chi connectivity index (χ3n) is 7.16. The highest BCUT2D eigenvalue weighted by atomic mass is 19.4. The highest BCUT2D eigenvalue weighted by Gasteiger charge is 2.37. The number of halogens is 9. The van der Waals surface area contributed by atoms with E-state index in [9.17, 15) is 49.4 Å². The van der Waals surface area contributed by atoms with Crippen LogP contribution in [0.4, 0.5) is 45.5 Å². The molecule has 0 radical (unpaired) electrons. The second-order valence-corrected chi connectivity index (χ2v) is 10.8. The summed E-state index contributed by atoms with van der Waals surface area (Å²) < 4.78 is 129. The van der Waals surface area contributed by atoms with Crippen LogP contribution < -0.4 is 9.64 Å². The molecule has 0 unspecified atom stereocenters. The lowest BCUT2D eigenvalue weighted by molar-refractivity contribution is -0.143. The molecule has 6 nitrogen and oxygen atoms in total. The van der Waals surface area contributed by atoms with Crippen molar-refractivity contribution in [3.05, 3.63) is 106 Å². The first-order valence-electron chi connectivity index (χ1n) is 13.7. The largest absolute Gasteiger partial charge is 0.496 e. The van der Waals surface area contributed by atoms with Crippen LogP contribution in [0.3, 0.4) is 0 Å². The Morgan fingerprint density at radius 3 is 1.83 bits per heavy atom. The monoisotopic (exact) mass is 671 g/mol. The van der Waals surface area contributed by atoms with Gasteiger partial charge in [0.2, 0.25) is 5.95 Å². The van der Waals surface area contributed by atoms with Crippen molar-refractivity contribution in [2.75, 3.05) is 12.0 Å². The number of methoxy groups -OCH3 is 1. The first-order valence-corrected chi connectivity index (χ1v) is 13.7. The van der Waals surface area contributed by atoms with Gasteiger partial charge in [0.15, 0.2) is 0 Å². The number of hydrogen-bond donors (Lipinski definition) is 1. The Kier molecular flexibility index (Phi) is 9.78. The second-order valence-electron chi connectivity index (χ2n) is 10.8. The van der Waals surface area contributed by atoms with Crippen LogP contribution in [0.1, 0.15) is 63.5 Å². The van der Waals surface area contributed by atoms with Crippen LogP contribution in [0, 0.1) is 0 Å². The summed E-state index contributed by atoms with van der Waals surface area (Å²) in [6, 6.07) is 8.86. The van der Waals surface area contributed by atoms with Crippen molar-refractivity contribution in [3.63, 3.8) is 0 Å². The Hall–Kier alpha value is -4.82. The van der Waals surface area contributed by atoms with Gasteiger partial charge in [0, 0.05) is 31.0 Å². The van der Waals surface area contributed by atoms with Gasteiger partial charge in [0.05, 0.1) is 29.4 Å². The van der Waals surface area contributed by atoms with E-state index in [1.165, 1.54) is 13.2 Å². The van der Waals surface area contributed by atoms with E-state index in [-0.39, 0.29) is 40.4 Å². The Bertz CT molecular complexity index is 1720. The van der Waals surface area contributed by atoms with Crippen molar-refractivity contribution >= 4 is 11.9 Å². The number of aromatic carboxylic acids is 1. The van der Waals surface area contributed by atoms with Crippen LogP contribution in [0.2, 0.25) is 0 Å². The molecular formula is C32H26F9N3O3. The summed E-state index contributed by atoms with van der Waals surface area (Å²) in [4.78, 5) is 20.3. The summed E-state index contributed by atoms with van der Waals surface area (Å²) in [5.41, 5.74) is -3.80. The number of carboxylic acids is 1. The zero-order valence-corrected chi connectivity index (χ0v) is 24.8. The standard InChI is InChI=1S/C32H26F9N3O3/c1-17(2)19-4-7-27(47-3)26(11-19)25-6-5-22(30(33,34)35)10-20(25)16-44(29-42-13-21(14-43-29)28(45)46)15-18-8-23(31(36,37)38)12-24(9-18)32(39,40)41/h4-14,17H,15-16H2,1-3H3,(H,45,46). The predicted molar refractivity (Wildman–Crippen MR) is 153 cm³/mol. The van der Waals surface area contributed by atoms with Gasteiger partial charge < -0.3 is 14.7 Å². The summed E-state index contributed by atoms with van der Waals surface area (Å²) in [6.45, 7) is 2.49. The molecule has 0 aliphatic rings. The highest BCUT2D eigenvalue weighted by Crippen LogP contribution is 2.40. The van der Waals surface area contributed by atoms with E-state index in [2.05, 4.69) is 9.97 Å². The molecule has 4 rings (SSSR count). The van der Waals surface area contributed by atoms with E-state index < -0.39 is 59.8 Å². The van der Waals surface area contributed by atoms with Crippen LogP contribution in [-0.2, 0) is 31.6 Å². The summed E-state index contributed by atoms with van der Waals surface area (Å²) in [5, 5.41) is 9.25. The average Bonchev–Trinajstić information content (AvgIpc) is 2.99. The SMILES string of the molecule is COc1ccc(C(C)C)cc1-c1ccc(C(F)(F)F)cc1CN(Cc1cc(C(F)(F)F)cc(C(F)(F)F)c1)c1ncc(C(=O)O)cn1. The maximum Gasteiger partial charge on any atom is 0.416 e. The van der Waals surface area contributed by atoms with E-state index >= 15 is 0 Å². The Morgan fingerprint density at radius 1 is 0.766 bits per heavy atom. The summed E-state index contributed by atoms with van der Waals surface area (Å²) in [5.74, 6) is -1.50. The van der Waals surface area contributed by atoms with Gasteiger partial charge in [-0.1, -0.05) is 26.0 Å². The maximum atomic E-state index is 13.9. The van der Waals surface area contributed by atoms with Crippen molar-refractivity contribution in [1.29, 1.82) is 0 Å². The molecule has 1 N–H and O–H groups in total. The Labute approximate surface area is 262 Å². The molecule has 4 aromatic rings. The lowest BCUT2D eigenvalue weighted by Gasteiger charge is -2.26. The van der Waals surface area contributed by atoms with Gasteiger partial charge in [-0.3, -0.25) is 0 Å². The van der Waals surface area contributed by atoms with Crippen LogP contribution in [-0.4, -0.2) is 28.2 Å². The molecule has 0 bridgehead atoms. The number of hydrogen-bond acceptors (Lipinski definition) is 5.